The molecular weight excluding hydrogens is 563 g/mol. The van der Waals surface area contributed by atoms with Crippen molar-refractivity contribution < 1.29 is 17.9 Å². The molecule has 218 valence electrons. The summed E-state index contributed by atoms with van der Waals surface area (Å²) in [6.45, 7) is 3.07. The Morgan fingerprint density at radius 2 is 2.10 bits per heavy atom. The summed E-state index contributed by atoms with van der Waals surface area (Å²) >= 11 is 0.966. The number of thiophene rings is 1. The van der Waals surface area contributed by atoms with Crippen LogP contribution in [-0.4, -0.2) is 72.5 Å². The number of nitriles is 1. The van der Waals surface area contributed by atoms with Crippen molar-refractivity contribution in [1.82, 2.24) is 20.2 Å². The third-order valence-corrected chi connectivity index (χ3v) is 10.2. The molecular formula is C30H30F3N7OS. The molecule has 3 atom stereocenters. The number of hydrogen-bond acceptors (Lipinski definition) is 9. The smallest absolute Gasteiger partial charge is 0.319 e. The van der Waals surface area contributed by atoms with Gasteiger partial charge in [0.2, 0.25) is 0 Å². The molecule has 0 saturated carbocycles. The Morgan fingerprint density at radius 3 is 2.88 bits per heavy atom. The first-order valence-electron chi connectivity index (χ1n) is 14.2. The highest BCUT2D eigenvalue weighted by molar-refractivity contribution is 7.23. The highest BCUT2D eigenvalue weighted by atomic mass is 32.1. The normalized spacial score (nSPS) is 24.0. The molecule has 3 aliphatic heterocycles. The third-order valence-electron chi connectivity index (χ3n) is 9.13. The summed E-state index contributed by atoms with van der Waals surface area (Å²) in [5.41, 5.74) is 6.31. The van der Waals surface area contributed by atoms with Crippen LogP contribution in [0.15, 0.2) is 24.3 Å². The standard InChI is InChI=1S/C30H30F3N7OS/c1-39(17-7-9-36-13-17)28-20-4-3-19(18-5-6-22(32)26-23(18)21(12-34)27(35)42-26)24(33)25(20)37-29(38-28)41-15-30-8-2-10-40(30)14-16(31)11-30/h3-6,16-17,36H,2,7-11,13-15,35H2,1H3/t16-,17-,30+/m1/s1. The number of aromatic nitrogens is 2. The van der Waals surface area contributed by atoms with Gasteiger partial charge in [-0.25, -0.2) is 13.2 Å². The van der Waals surface area contributed by atoms with Gasteiger partial charge in [-0.1, -0.05) is 12.1 Å². The largest absolute Gasteiger partial charge is 0.461 e. The topological polar surface area (TPSA) is 103 Å². The van der Waals surface area contributed by atoms with Crippen molar-refractivity contribution >= 4 is 43.1 Å². The Labute approximate surface area is 244 Å². The summed E-state index contributed by atoms with van der Waals surface area (Å²) in [6, 6.07) is 8.31. The van der Waals surface area contributed by atoms with Crippen LogP contribution in [0, 0.1) is 23.0 Å². The van der Waals surface area contributed by atoms with Crippen LogP contribution in [0.5, 0.6) is 6.01 Å². The van der Waals surface area contributed by atoms with Crippen LogP contribution >= 0.6 is 11.3 Å². The zero-order valence-electron chi connectivity index (χ0n) is 23.1. The molecule has 42 heavy (non-hydrogen) atoms. The van der Waals surface area contributed by atoms with E-state index in [0.717, 1.165) is 50.2 Å². The van der Waals surface area contributed by atoms with Crippen LogP contribution in [0.1, 0.15) is 31.2 Å². The van der Waals surface area contributed by atoms with Crippen molar-refractivity contribution in [2.24, 2.45) is 0 Å². The summed E-state index contributed by atoms with van der Waals surface area (Å²) in [4.78, 5) is 13.5. The monoisotopic (exact) mass is 593 g/mol. The maximum Gasteiger partial charge on any atom is 0.319 e. The van der Waals surface area contributed by atoms with Crippen molar-refractivity contribution in [2.75, 3.05) is 50.5 Å². The zero-order chi connectivity index (χ0) is 29.2. The van der Waals surface area contributed by atoms with E-state index < -0.39 is 23.3 Å². The minimum Gasteiger partial charge on any atom is -0.461 e. The minimum atomic E-state index is -0.903. The summed E-state index contributed by atoms with van der Waals surface area (Å²) in [7, 11) is 1.92. The fourth-order valence-electron chi connectivity index (χ4n) is 6.98. The predicted octanol–water partition coefficient (Wildman–Crippen LogP) is 5.00. The number of alkyl halides is 1. The van der Waals surface area contributed by atoms with Crippen molar-refractivity contribution in [3.8, 4) is 23.2 Å². The molecule has 3 saturated heterocycles. The molecule has 0 unspecified atom stereocenters. The van der Waals surface area contributed by atoms with Gasteiger partial charge in [0.25, 0.3) is 0 Å². The van der Waals surface area contributed by atoms with Crippen molar-refractivity contribution in [3.63, 3.8) is 0 Å². The molecule has 0 spiro atoms. The number of ether oxygens (including phenoxy) is 1. The summed E-state index contributed by atoms with van der Waals surface area (Å²) in [6.07, 6.45) is 2.19. The number of benzene rings is 2. The van der Waals surface area contributed by atoms with E-state index >= 15 is 4.39 Å². The second-order valence-electron chi connectivity index (χ2n) is 11.5. The molecule has 8 nitrogen and oxygen atoms in total. The molecule has 0 radical (unpaired) electrons. The van der Waals surface area contributed by atoms with Gasteiger partial charge in [0, 0.05) is 48.9 Å². The lowest BCUT2D eigenvalue weighted by Gasteiger charge is -2.31. The average Bonchev–Trinajstić information content (AvgIpc) is 3.76. The maximum absolute atomic E-state index is 16.6. The van der Waals surface area contributed by atoms with Gasteiger partial charge in [0.1, 0.15) is 41.0 Å². The van der Waals surface area contributed by atoms with Crippen LogP contribution in [0.4, 0.5) is 24.0 Å². The third kappa shape index (κ3) is 4.25. The first-order valence-corrected chi connectivity index (χ1v) is 15.0. The number of nitrogens with zero attached hydrogens (tertiary/aromatic N) is 5. The van der Waals surface area contributed by atoms with E-state index in [-0.39, 0.29) is 50.4 Å². The minimum absolute atomic E-state index is 0.0247. The fraction of sp³-hybridized carbons (Fsp3) is 0.433. The van der Waals surface area contributed by atoms with Crippen molar-refractivity contribution in [1.29, 1.82) is 5.26 Å². The van der Waals surface area contributed by atoms with Gasteiger partial charge in [-0.3, -0.25) is 4.90 Å². The number of rotatable bonds is 6. The van der Waals surface area contributed by atoms with E-state index in [0.29, 0.717) is 29.7 Å². The molecule has 0 aliphatic carbocycles. The number of likely N-dealkylation sites (N-methyl/N-ethyl adjacent to an activating group) is 1. The lowest BCUT2D eigenvalue weighted by atomic mass is 9.95. The van der Waals surface area contributed by atoms with E-state index in [1.54, 1.807) is 12.1 Å². The van der Waals surface area contributed by atoms with Crippen LogP contribution < -0.4 is 20.7 Å². The van der Waals surface area contributed by atoms with Crippen LogP contribution in [0.25, 0.3) is 32.1 Å². The van der Waals surface area contributed by atoms with Crippen LogP contribution in [0.2, 0.25) is 0 Å². The van der Waals surface area contributed by atoms with E-state index in [1.807, 2.05) is 18.0 Å². The van der Waals surface area contributed by atoms with Gasteiger partial charge >= 0.3 is 6.01 Å². The zero-order valence-corrected chi connectivity index (χ0v) is 23.9. The van der Waals surface area contributed by atoms with Gasteiger partial charge in [-0.15, -0.1) is 11.3 Å². The SMILES string of the molecule is CN(c1nc(OC[C@@]23CCCN2C[C@H](F)C3)nc2c(F)c(-c3ccc(F)c4sc(N)c(C#N)c34)ccc12)[C@@H]1CCNC1. The van der Waals surface area contributed by atoms with Gasteiger partial charge in [0.05, 0.1) is 15.8 Å². The summed E-state index contributed by atoms with van der Waals surface area (Å²) < 4.78 is 52.1. The van der Waals surface area contributed by atoms with Crippen molar-refractivity contribution in [3.05, 3.63) is 41.5 Å². The quantitative estimate of drug-likeness (QED) is 0.322. The molecule has 2 aromatic carbocycles. The molecule has 5 heterocycles. The second-order valence-corrected chi connectivity index (χ2v) is 12.6. The van der Waals surface area contributed by atoms with Crippen molar-refractivity contribution in [2.45, 2.75) is 43.4 Å². The lowest BCUT2D eigenvalue weighted by Crippen LogP contribution is -2.43. The number of halogens is 3. The lowest BCUT2D eigenvalue weighted by molar-refractivity contribution is 0.107. The van der Waals surface area contributed by atoms with Crippen LogP contribution in [-0.2, 0) is 0 Å². The van der Waals surface area contributed by atoms with Gasteiger partial charge in [0.15, 0.2) is 5.82 Å². The average molecular weight is 594 g/mol. The molecule has 7 rings (SSSR count). The number of anilines is 2. The van der Waals surface area contributed by atoms with Crippen LogP contribution in [0.3, 0.4) is 0 Å². The molecule has 12 heteroatoms. The first-order chi connectivity index (χ1) is 20.3. The first kappa shape index (κ1) is 27.2. The van der Waals surface area contributed by atoms with Gasteiger partial charge in [-0.2, -0.15) is 15.2 Å². The second kappa shape index (κ2) is 10.3. The van der Waals surface area contributed by atoms with E-state index in [1.165, 1.54) is 12.1 Å². The van der Waals surface area contributed by atoms with Gasteiger partial charge < -0.3 is 20.7 Å². The Kier molecular flexibility index (Phi) is 6.64. The highest BCUT2D eigenvalue weighted by Gasteiger charge is 2.49. The Hall–Kier alpha value is -3.66. The fourth-order valence-corrected chi connectivity index (χ4v) is 7.93. The molecule has 3 aliphatic rings. The number of nitrogen functional groups attached to an aromatic ring is 1. The summed E-state index contributed by atoms with van der Waals surface area (Å²) in [5, 5.41) is 14.1. The molecule has 3 N–H and O–H groups in total. The summed E-state index contributed by atoms with van der Waals surface area (Å²) in [5.74, 6) is -0.625. The molecule has 0 bridgehead atoms. The van der Waals surface area contributed by atoms with E-state index in [2.05, 4.69) is 15.2 Å². The highest BCUT2D eigenvalue weighted by Crippen LogP contribution is 2.44. The number of hydrogen-bond donors (Lipinski definition) is 2. The number of nitrogens with two attached hydrogens (primary N) is 1. The van der Waals surface area contributed by atoms with E-state index in [4.69, 9.17) is 15.5 Å². The number of nitrogens with one attached hydrogen (secondary N) is 1. The Bertz CT molecular complexity index is 1750. The maximum atomic E-state index is 16.6. The van der Waals surface area contributed by atoms with Gasteiger partial charge in [-0.05, 0) is 50.0 Å². The Balaban J connectivity index is 1.36. The molecule has 0 amide bonds. The number of fused-ring (bicyclic) bond motifs is 3. The van der Waals surface area contributed by atoms with E-state index in [9.17, 15) is 14.0 Å². The molecule has 4 aromatic rings. The molecule has 3 fully saturated rings. The Morgan fingerprint density at radius 1 is 1.26 bits per heavy atom. The predicted molar refractivity (Wildman–Crippen MR) is 158 cm³/mol. The molecule has 2 aromatic heterocycles.